The summed E-state index contributed by atoms with van der Waals surface area (Å²) in [6, 6.07) is -0.630. The summed E-state index contributed by atoms with van der Waals surface area (Å²) < 4.78 is 1.71. The van der Waals surface area contributed by atoms with Crippen LogP contribution in [0.2, 0.25) is 0 Å². The predicted molar refractivity (Wildman–Crippen MR) is 53.7 cm³/mol. The molecule has 0 aromatic carbocycles. The standard InChI is InChI=1S/C10H13N3O/c1-4-5-8(11)10(14)9-6-12-7(2)13(9)3/h1,6,8H,5,11H2,2-3H3. The van der Waals surface area contributed by atoms with Gasteiger partial charge in [-0.25, -0.2) is 4.98 Å². The number of hydrogen-bond acceptors (Lipinski definition) is 3. The Labute approximate surface area is 83.1 Å². The monoisotopic (exact) mass is 191 g/mol. The van der Waals surface area contributed by atoms with Gasteiger partial charge in [-0.3, -0.25) is 4.79 Å². The van der Waals surface area contributed by atoms with Gasteiger partial charge in [0.1, 0.15) is 11.5 Å². The van der Waals surface area contributed by atoms with Crippen molar-refractivity contribution in [2.24, 2.45) is 12.8 Å². The molecule has 0 aliphatic heterocycles. The maximum Gasteiger partial charge on any atom is 0.198 e. The molecule has 1 atom stereocenters. The fraction of sp³-hybridized carbons (Fsp3) is 0.400. The van der Waals surface area contributed by atoms with E-state index >= 15 is 0 Å². The fourth-order valence-electron chi connectivity index (χ4n) is 1.14. The zero-order valence-electron chi connectivity index (χ0n) is 8.32. The molecule has 1 rings (SSSR count). The van der Waals surface area contributed by atoms with Gasteiger partial charge in [-0.05, 0) is 6.92 Å². The molecular weight excluding hydrogens is 178 g/mol. The van der Waals surface area contributed by atoms with Crippen molar-refractivity contribution in [2.45, 2.75) is 19.4 Å². The Morgan fingerprint density at radius 3 is 2.93 bits per heavy atom. The fourth-order valence-corrected chi connectivity index (χ4v) is 1.14. The summed E-state index contributed by atoms with van der Waals surface area (Å²) in [4.78, 5) is 15.7. The van der Waals surface area contributed by atoms with Crippen LogP contribution in [0.1, 0.15) is 22.7 Å². The van der Waals surface area contributed by atoms with Crippen LogP contribution in [0, 0.1) is 19.3 Å². The van der Waals surface area contributed by atoms with Crippen LogP contribution in [0.4, 0.5) is 0 Å². The SMILES string of the molecule is C#CCC(N)C(=O)c1cnc(C)n1C. The third kappa shape index (κ3) is 1.83. The van der Waals surface area contributed by atoms with Gasteiger partial charge in [-0.15, -0.1) is 12.3 Å². The minimum atomic E-state index is -0.630. The van der Waals surface area contributed by atoms with Crippen LogP contribution in [-0.4, -0.2) is 21.4 Å². The van der Waals surface area contributed by atoms with Crippen LogP contribution < -0.4 is 5.73 Å². The first-order valence-electron chi connectivity index (χ1n) is 4.29. The highest BCUT2D eigenvalue weighted by atomic mass is 16.1. The molecule has 14 heavy (non-hydrogen) atoms. The highest BCUT2D eigenvalue weighted by Gasteiger charge is 2.18. The molecule has 0 fully saturated rings. The Hall–Kier alpha value is -1.60. The van der Waals surface area contributed by atoms with Crippen molar-refractivity contribution in [2.75, 3.05) is 0 Å². The van der Waals surface area contributed by atoms with Gasteiger partial charge < -0.3 is 10.3 Å². The molecule has 0 aliphatic carbocycles. The second-order valence-corrected chi connectivity index (χ2v) is 3.13. The first kappa shape index (κ1) is 10.5. The van der Waals surface area contributed by atoms with E-state index in [4.69, 9.17) is 12.2 Å². The second-order valence-electron chi connectivity index (χ2n) is 3.13. The lowest BCUT2D eigenvalue weighted by Crippen LogP contribution is -2.31. The summed E-state index contributed by atoms with van der Waals surface area (Å²) in [5, 5.41) is 0. The van der Waals surface area contributed by atoms with Crippen LogP contribution >= 0.6 is 0 Å². The van der Waals surface area contributed by atoms with Crippen molar-refractivity contribution < 1.29 is 4.79 Å². The number of aryl methyl sites for hydroxylation is 1. The minimum absolute atomic E-state index is 0.161. The molecular formula is C10H13N3O. The molecule has 0 radical (unpaired) electrons. The molecule has 1 aromatic heterocycles. The molecule has 0 spiro atoms. The summed E-state index contributed by atoms with van der Waals surface area (Å²) in [7, 11) is 1.78. The number of imidazole rings is 1. The molecule has 4 heteroatoms. The number of carbonyl (C=O) groups is 1. The summed E-state index contributed by atoms with van der Waals surface area (Å²) >= 11 is 0. The van der Waals surface area contributed by atoms with Crippen LogP contribution in [-0.2, 0) is 7.05 Å². The molecule has 1 unspecified atom stereocenters. The van der Waals surface area contributed by atoms with Gasteiger partial charge in [0.2, 0.25) is 0 Å². The molecule has 0 bridgehead atoms. The lowest BCUT2D eigenvalue weighted by molar-refractivity contribution is 0.0954. The molecule has 0 aliphatic rings. The van der Waals surface area contributed by atoms with Crippen molar-refractivity contribution in [1.29, 1.82) is 0 Å². The first-order valence-corrected chi connectivity index (χ1v) is 4.29. The highest BCUT2D eigenvalue weighted by Crippen LogP contribution is 2.05. The second kappa shape index (κ2) is 4.07. The molecule has 0 saturated heterocycles. The lowest BCUT2D eigenvalue weighted by atomic mass is 10.1. The van der Waals surface area contributed by atoms with E-state index in [0.717, 1.165) is 5.82 Å². The van der Waals surface area contributed by atoms with Crippen LogP contribution in [0.15, 0.2) is 6.20 Å². The lowest BCUT2D eigenvalue weighted by Gasteiger charge is -2.07. The van der Waals surface area contributed by atoms with Crippen molar-refractivity contribution in [1.82, 2.24) is 9.55 Å². The van der Waals surface area contributed by atoms with Gasteiger partial charge in [-0.2, -0.15) is 0 Å². The highest BCUT2D eigenvalue weighted by molar-refractivity contribution is 5.98. The van der Waals surface area contributed by atoms with Crippen molar-refractivity contribution in [3.8, 4) is 12.3 Å². The smallest absolute Gasteiger partial charge is 0.198 e. The van der Waals surface area contributed by atoms with Gasteiger partial charge >= 0.3 is 0 Å². The zero-order valence-corrected chi connectivity index (χ0v) is 8.32. The molecule has 2 N–H and O–H groups in total. The van der Waals surface area contributed by atoms with Gasteiger partial charge in [0.25, 0.3) is 0 Å². The number of hydrogen-bond donors (Lipinski definition) is 1. The average Bonchev–Trinajstić information content (AvgIpc) is 2.47. The minimum Gasteiger partial charge on any atom is -0.329 e. The average molecular weight is 191 g/mol. The summed E-state index contributed by atoms with van der Waals surface area (Å²) in [5.74, 6) is 2.99. The van der Waals surface area contributed by atoms with Crippen molar-refractivity contribution in [3.05, 3.63) is 17.7 Å². The van der Waals surface area contributed by atoms with E-state index in [1.807, 2.05) is 6.92 Å². The van der Waals surface area contributed by atoms with E-state index in [0.29, 0.717) is 5.69 Å². The Balaban J connectivity index is 2.91. The molecule has 1 heterocycles. The number of ketones is 1. The largest absolute Gasteiger partial charge is 0.329 e. The van der Waals surface area contributed by atoms with E-state index in [9.17, 15) is 4.79 Å². The van der Waals surface area contributed by atoms with Gasteiger partial charge in [-0.1, -0.05) is 0 Å². The van der Waals surface area contributed by atoms with E-state index in [1.165, 1.54) is 6.20 Å². The summed E-state index contributed by atoms with van der Waals surface area (Å²) in [6.07, 6.45) is 6.86. The number of nitrogens with zero attached hydrogens (tertiary/aromatic N) is 2. The quantitative estimate of drug-likeness (QED) is 0.550. The zero-order chi connectivity index (χ0) is 10.7. The number of aromatic nitrogens is 2. The molecule has 74 valence electrons. The van der Waals surface area contributed by atoms with E-state index in [2.05, 4.69) is 10.9 Å². The number of terminal acetylenes is 1. The van der Waals surface area contributed by atoms with Crippen molar-refractivity contribution in [3.63, 3.8) is 0 Å². The Morgan fingerprint density at radius 1 is 1.86 bits per heavy atom. The molecule has 0 saturated carbocycles. The molecule has 1 aromatic rings. The summed E-state index contributed by atoms with van der Waals surface area (Å²) in [5.41, 5.74) is 6.11. The van der Waals surface area contributed by atoms with E-state index in [1.54, 1.807) is 11.6 Å². The Bertz CT molecular complexity index is 387. The number of rotatable bonds is 3. The van der Waals surface area contributed by atoms with Crippen LogP contribution in [0.25, 0.3) is 0 Å². The first-order chi connectivity index (χ1) is 6.57. The number of Topliss-reactive ketones (excluding diaryl/α,β-unsaturated/α-hetero) is 1. The van der Waals surface area contributed by atoms with E-state index < -0.39 is 6.04 Å². The summed E-state index contributed by atoms with van der Waals surface area (Å²) in [6.45, 7) is 1.82. The third-order valence-electron chi connectivity index (χ3n) is 2.15. The predicted octanol–water partition coefficient (Wildman–Crippen LogP) is 0.262. The van der Waals surface area contributed by atoms with Gasteiger partial charge in [0, 0.05) is 13.5 Å². The van der Waals surface area contributed by atoms with Crippen LogP contribution in [0.3, 0.4) is 0 Å². The number of carbonyl (C=O) groups excluding carboxylic acids is 1. The molecule has 0 amide bonds. The molecule has 4 nitrogen and oxygen atoms in total. The van der Waals surface area contributed by atoms with Gasteiger partial charge in [0.05, 0.1) is 12.2 Å². The van der Waals surface area contributed by atoms with Gasteiger partial charge in [0.15, 0.2) is 5.78 Å². The topological polar surface area (TPSA) is 60.9 Å². The number of nitrogens with two attached hydrogens (primary N) is 1. The Kier molecular flexibility index (Phi) is 3.05. The van der Waals surface area contributed by atoms with E-state index in [-0.39, 0.29) is 12.2 Å². The Morgan fingerprint density at radius 2 is 2.50 bits per heavy atom. The van der Waals surface area contributed by atoms with Crippen molar-refractivity contribution >= 4 is 5.78 Å². The third-order valence-corrected chi connectivity index (χ3v) is 2.15. The van der Waals surface area contributed by atoms with Crippen LogP contribution in [0.5, 0.6) is 0 Å². The normalized spacial score (nSPS) is 12.1. The maximum atomic E-state index is 11.7. The maximum absolute atomic E-state index is 11.7.